The van der Waals surface area contributed by atoms with E-state index < -0.39 is 46.7 Å². The van der Waals surface area contributed by atoms with E-state index in [1.807, 2.05) is 0 Å². The molecule has 0 aromatic rings. The maximum Gasteiger partial charge on any atom is 0.384 e. The average molecular weight is 381 g/mol. The molecule has 0 bridgehead atoms. The molecular formula is C11H10F11NO. The molecule has 1 rings (SSSR count). The van der Waals surface area contributed by atoms with Gasteiger partial charge in [0.1, 0.15) is 0 Å². The van der Waals surface area contributed by atoms with Gasteiger partial charge in [-0.1, -0.05) is 0 Å². The standard InChI is InChI=1S/C11H10F11NO/c1-5(2,3)23-4(24)6(12)7(13,14)9(17,18)11(21,22)10(19,20)8(6,15)16/h1-3H3,(H,23,24). The minimum Gasteiger partial charge on any atom is -0.348 e. The van der Waals surface area contributed by atoms with Crippen LogP contribution in [0.3, 0.4) is 0 Å². The van der Waals surface area contributed by atoms with Gasteiger partial charge in [-0.15, -0.1) is 0 Å². The Balaban J connectivity index is 3.79. The summed E-state index contributed by atoms with van der Waals surface area (Å²) in [7, 11) is 0. The number of alkyl halides is 11. The minimum atomic E-state index is -7.33. The number of hydrogen-bond donors (Lipinski definition) is 1. The monoisotopic (exact) mass is 381 g/mol. The number of nitrogens with one attached hydrogen (secondary N) is 1. The highest BCUT2D eigenvalue weighted by molar-refractivity contribution is 5.89. The lowest BCUT2D eigenvalue weighted by Crippen LogP contribution is -2.86. The number of rotatable bonds is 1. The Morgan fingerprint density at radius 3 is 1.12 bits per heavy atom. The van der Waals surface area contributed by atoms with Crippen molar-refractivity contribution >= 4 is 5.91 Å². The van der Waals surface area contributed by atoms with Crippen LogP contribution in [0.5, 0.6) is 0 Å². The third-order valence-electron chi connectivity index (χ3n) is 3.24. The van der Waals surface area contributed by atoms with Gasteiger partial charge in [-0.05, 0) is 20.8 Å². The van der Waals surface area contributed by atoms with Crippen LogP contribution in [0.1, 0.15) is 20.8 Å². The number of amides is 1. The van der Waals surface area contributed by atoms with E-state index in [1.165, 1.54) is 0 Å². The van der Waals surface area contributed by atoms with Gasteiger partial charge in [0, 0.05) is 5.54 Å². The maximum atomic E-state index is 14.2. The van der Waals surface area contributed by atoms with Crippen LogP contribution >= 0.6 is 0 Å². The van der Waals surface area contributed by atoms with E-state index in [0.717, 1.165) is 26.1 Å². The smallest absolute Gasteiger partial charge is 0.348 e. The van der Waals surface area contributed by atoms with Crippen molar-refractivity contribution in [2.75, 3.05) is 0 Å². The molecule has 24 heavy (non-hydrogen) atoms. The molecule has 0 aliphatic heterocycles. The van der Waals surface area contributed by atoms with Gasteiger partial charge in [-0.3, -0.25) is 4.79 Å². The topological polar surface area (TPSA) is 29.1 Å². The van der Waals surface area contributed by atoms with Crippen LogP contribution in [-0.2, 0) is 4.79 Å². The normalized spacial score (nSPS) is 28.9. The van der Waals surface area contributed by atoms with E-state index in [2.05, 4.69) is 0 Å². The lowest BCUT2D eigenvalue weighted by Gasteiger charge is -2.51. The number of hydrogen-bond acceptors (Lipinski definition) is 1. The molecule has 142 valence electrons. The van der Waals surface area contributed by atoms with Gasteiger partial charge in [0.15, 0.2) is 0 Å². The van der Waals surface area contributed by atoms with Crippen molar-refractivity contribution in [2.45, 2.75) is 61.6 Å². The van der Waals surface area contributed by atoms with E-state index in [9.17, 15) is 53.1 Å². The molecule has 1 fully saturated rings. The zero-order chi connectivity index (χ0) is 19.8. The highest BCUT2D eigenvalue weighted by atomic mass is 19.4. The first kappa shape index (κ1) is 20.7. The molecule has 1 aliphatic carbocycles. The zero-order valence-electron chi connectivity index (χ0n) is 12.1. The first-order chi connectivity index (χ1) is 10.1. The van der Waals surface area contributed by atoms with Gasteiger partial charge in [0.25, 0.3) is 5.91 Å². The summed E-state index contributed by atoms with van der Waals surface area (Å²) in [5.74, 6) is -39.5. The quantitative estimate of drug-likeness (QED) is 0.688. The molecule has 1 amide bonds. The molecule has 1 saturated carbocycles. The fourth-order valence-electron chi connectivity index (χ4n) is 1.93. The molecule has 0 unspecified atom stereocenters. The summed E-state index contributed by atoms with van der Waals surface area (Å²) in [6.45, 7) is 2.66. The molecule has 0 aromatic carbocycles. The lowest BCUT2D eigenvalue weighted by atomic mass is 9.71. The number of carbonyl (C=O) groups is 1. The van der Waals surface area contributed by atoms with Crippen LogP contribution in [-0.4, -0.2) is 46.7 Å². The average Bonchev–Trinajstić information content (AvgIpc) is 2.32. The summed E-state index contributed by atoms with van der Waals surface area (Å²) in [6.07, 6.45) is 0. The third-order valence-corrected chi connectivity index (χ3v) is 3.24. The van der Waals surface area contributed by atoms with Gasteiger partial charge in [-0.2, -0.15) is 43.9 Å². The molecule has 13 heteroatoms. The van der Waals surface area contributed by atoms with Crippen LogP contribution in [0.15, 0.2) is 0 Å². The molecule has 0 aromatic heterocycles. The Bertz CT molecular complexity index is 519. The Kier molecular flexibility index (Phi) is 4.02. The summed E-state index contributed by atoms with van der Waals surface area (Å²) in [4.78, 5) is 11.4. The van der Waals surface area contributed by atoms with Crippen LogP contribution in [0.25, 0.3) is 0 Å². The number of carbonyl (C=O) groups excluding carboxylic acids is 1. The van der Waals surface area contributed by atoms with Crippen molar-refractivity contribution in [3.63, 3.8) is 0 Å². The van der Waals surface area contributed by atoms with E-state index in [0.29, 0.717) is 0 Å². The second-order valence-corrected chi connectivity index (χ2v) is 6.23. The van der Waals surface area contributed by atoms with Crippen molar-refractivity contribution in [1.82, 2.24) is 5.32 Å². The summed E-state index contributed by atoms with van der Waals surface area (Å²) < 4.78 is 147. The number of halogens is 11. The van der Waals surface area contributed by atoms with Crippen LogP contribution in [0, 0.1) is 0 Å². The zero-order valence-corrected chi connectivity index (χ0v) is 12.1. The molecule has 2 nitrogen and oxygen atoms in total. The van der Waals surface area contributed by atoms with Gasteiger partial charge in [0.05, 0.1) is 0 Å². The summed E-state index contributed by atoms with van der Waals surface area (Å²) >= 11 is 0. The second-order valence-electron chi connectivity index (χ2n) is 6.23. The molecule has 1 aliphatic rings. The largest absolute Gasteiger partial charge is 0.384 e. The van der Waals surface area contributed by atoms with E-state index in [-0.39, 0.29) is 0 Å². The van der Waals surface area contributed by atoms with E-state index in [1.54, 1.807) is 0 Å². The third kappa shape index (κ3) is 1.98. The Morgan fingerprint density at radius 2 is 0.875 bits per heavy atom. The van der Waals surface area contributed by atoms with Gasteiger partial charge in [0.2, 0.25) is 0 Å². The SMILES string of the molecule is CC(C)(C)NC(=O)C1(F)C(F)(F)C(F)(F)C(F)(F)C(F)(F)C1(F)F. The Morgan fingerprint density at radius 1 is 0.625 bits per heavy atom. The molecule has 1 N–H and O–H groups in total. The predicted octanol–water partition coefficient (Wildman–Crippen LogP) is 3.80. The first-order valence-electron chi connectivity index (χ1n) is 6.03. The Labute approximate surface area is 127 Å². The van der Waals surface area contributed by atoms with Crippen LogP contribution < -0.4 is 5.32 Å². The highest BCUT2D eigenvalue weighted by Crippen LogP contribution is 2.69. The lowest BCUT2D eigenvalue weighted by molar-refractivity contribution is -0.476. The van der Waals surface area contributed by atoms with E-state index >= 15 is 0 Å². The summed E-state index contributed by atoms with van der Waals surface area (Å²) in [5.41, 5.74) is -8.45. The molecular weight excluding hydrogens is 371 g/mol. The summed E-state index contributed by atoms with van der Waals surface area (Å²) in [5, 5.41) is 1.06. The summed E-state index contributed by atoms with van der Waals surface area (Å²) in [6, 6.07) is 0. The van der Waals surface area contributed by atoms with Gasteiger partial charge < -0.3 is 5.32 Å². The molecule has 0 spiro atoms. The van der Waals surface area contributed by atoms with Gasteiger partial charge >= 0.3 is 35.3 Å². The van der Waals surface area contributed by atoms with Crippen LogP contribution in [0.4, 0.5) is 48.3 Å². The fraction of sp³-hybridized carbons (Fsp3) is 0.909. The molecule has 0 saturated heterocycles. The molecule has 0 radical (unpaired) electrons. The molecule has 0 atom stereocenters. The minimum absolute atomic E-state index is 0.887. The second kappa shape index (κ2) is 4.65. The van der Waals surface area contributed by atoms with Crippen molar-refractivity contribution in [3.8, 4) is 0 Å². The fourth-order valence-corrected chi connectivity index (χ4v) is 1.93. The van der Waals surface area contributed by atoms with Crippen molar-refractivity contribution in [2.24, 2.45) is 0 Å². The highest BCUT2D eigenvalue weighted by Gasteiger charge is 3.02. The Hall–Kier alpha value is -1.30. The first-order valence-corrected chi connectivity index (χ1v) is 6.03. The van der Waals surface area contributed by atoms with Crippen molar-refractivity contribution < 1.29 is 53.1 Å². The van der Waals surface area contributed by atoms with Crippen molar-refractivity contribution in [1.29, 1.82) is 0 Å². The van der Waals surface area contributed by atoms with E-state index in [4.69, 9.17) is 0 Å². The maximum absolute atomic E-state index is 14.2. The van der Waals surface area contributed by atoms with Crippen LogP contribution in [0.2, 0.25) is 0 Å². The predicted molar refractivity (Wildman–Crippen MR) is 56.5 cm³/mol. The van der Waals surface area contributed by atoms with Crippen molar-refractivity contribution in [3.05, 3.63) is 0 Å². The molecule has 0 heterocycles. The van der Waals surface area contributed by atoms with Gasteiger partial charge in [-0.25, -0.2) is 4.39 Å².